The van der Waals surface area contributed by atoms with Gasteiger partial charge < -0.3 is 15.4 Å². The number of benzene rings is 1. The van der Waals surface area contributed by atoms with E-state index in [1.807, 2.05) is 38.1 Å². The average Bonchev–Trinajstić information content (AvgIpc) is 3.35. The lowest BCUT2D eigenvalue weighted by atomic mass is 10.1. The lowest BCUT2D eigenvalue weighted by Crippen LogP contribution is -2.42. The number of carbonyl (C=O) groups is 1. The van der Waals surface area contributed by atoms with Crippen LogP contribution in [0.25, 0.3) is 0 Å². The zero-order valence-corrected chi connectivity index (χ0v) is 16.7. The Morgan fingerprint density at radius 3 is 2.70 bits per heavy atom. The quantitative estimate of drug-likeness (QED) is 0.711. The van der Waals surface area contributed by atoms with Gasteiger partial charge in [0.15, 0.2) is 0 Å². The van der Waals surface area contributed by atoms with Gasteiger partial charge in [-0.05, 0) is 51.3 Å². The minimum Gasteiger partial charge on any atom is -0.497 e. The maximum absolute atomic E-state index is 12.7. The molecule has 2 N–H and O–H groups in total. The summed E-state index contributed by atoms with van der Waals surface area (Å²) >= 11 is 0. The Hall–Kier alpha value is -2.50. The fourth-order valence-corrected chi connectivity index (χ4v) is 3.39. The molecule has 1 amide bonds. The molecule has 1 aromatic carbocycles. The van der Waals surface area contributed by atoms with Crippen molar-refractivity contribution in [2.75, 3.05) is 19.0 Å². The number of carbonyl (C=O) groups excluding carboxylic acids is 1. The van der Waals surface area contributed by atoms with Gasteiger partial charge in [-0.2, -0.15) is 5.10 Å². The number of hydrogen-bond acceptors (Lipinski definition) is 4. The summed E-state index contributed by atoms with van der Waals surface area (Å²) in [5, 5.41) is 11.0. The summed E-state index contributed by atoms with van der Waals surface area (Å²) in [4.78, 5) is 12.7. The van der Waals surface area contributed by atoms with Gasteiger partial charge in [0.05, 0.1) is 12.8 Å². The smallest absolute Gasteiger partial charge is 0.242 e. The molecular weight excluding hydrogens is 340 g/mol. The highest BCUT2D eigenvalue weighted by molar-refractivity contribution is 5.84. The number of nitrogens with one attached hydrogen (secondary N) is 2. The largest absolute Gasteiger partial charge is 0.497 e. The van der Waals surface area contributed by atoms with Crippen molar-refractivity contribution in [1.29, 1.82) is 0 Å². The van der Waals surface area contributed by atoms with Crippen molar-refractivity contribution in [2.45, 2.75) is 52.6 Å². The highest BCUT2D eigenvalue weighted by atomic mass is 16.5. The Bertz CT molecular complexity index is 795. The van der Waals surface area contributed by atoms with E-state index in [-0.39, 0.29) is 17.4 Å². The average molecular weight is 370 g/mol. The minimum atomic E-state index is -0.262. The van der Waals surface area contributed by atoms with Crippen LogP contribution < -0.4 is 15.4 Å². The van der Waals surface area contributed by atoms with E-state index in [4.69, 9.17) is 4.74 Å². The van der Waals surface area contributed by atoms with Gasteiger partial charge in [-0.25, -0.2) is 0 Å². The molecule has 1 saturated carbocycles. The van der Waals surface area contributed by atoms with Crippen molar-refractivity contribution < 1.29 is 9.53 Å². The second-order valence-corrected chi connectivity index (χ2v) is 7.64. The molecule has 0 bridgehead atoms. The molecule has 0 aliphatic heterocycles. The third-order valence-electron chi connectivity index (χ3n) is 5.32. The molecule has 1 aliphatic rings. The summed E-state index contributed by atoms with van der Waals surface area (Å²) in [5.41, 5.74) is 3.25. The number of nitrogens with zero attached hydrogens (tertiary/aromatic N) is 2. The molecular formula is C21H30N4O2. The number of anilines is 1. The van der Waals surface area contributed by atoms with Crippen LogP contribution >= 0.6 is 0 Å². The topological polar surface area (TPSA) is 68.2 Å². The van der Waals surface area contributed by atoms with Gasteiger partial charge in [0.1, 0.15) is 11.8 Å². The van der Waals surface area contributed by atoms with Crippen LogP contribution in [-0.4, -0.2) is 35.4 Å². The predicted molar refractivity (Wildman–Crippen MR) is 107 cm³/mol. The first-order chi connectivity index (χ1) is 12.9. The maximum Gasteiger partial charge on any atom is 0.242 e. The molecule has 1 heterocycles. The van der Waals surface area contributed by atoms with Gasteiger partial charge in [-0.15, -0.1) is 0 Å². The second-order valence-electron chi connectivity index (χ2n) is 7.64. The zero-order chi connectivity index (χ0) is 19.4. The molecule has 6 heteroatoms. The first-order valence-corrected chi connectivity index (χ1v) is 9.64. The third-order valence-corrected chi connectivity index (χ3v) is 5.32. The molecule has 146 valence electrons. The predicted octanol–water partition coefficient (Wildman–Crippen LogP) is 3.30. The van der Waals surface area contributed by atoms with Crippen LogP contribution in [0.2, 0.25) is 0 Å². The van der Waals surface area contributed by atoms with Crippen molar-refractivity contribution in [3.05, 3.63) is 41.7 Å². The Morgan fingerprint density at radius 2 is 2.11 bits per heavy atom. The van der Waals surface area contributed by atoms with E-state index in [1.165, 1.54) is 5.69 Å². The van der Waals surface area contributed by atoms with E-state index in [2.05, 4.69) is 33.4 Å². The van der Waals surface area contributed by atoms with Crippen LogP contribution in [-0.2, 0) is 11.3 Å². The molecule has 27 heavy (non-hydrogen) atoms. The highest BCUT2D eigenvalue weighted by Crippen LogP contribution is 2.46. The maximum atomic E-state index is 12.7. The van der Waals surface area contributed by atoms with Crippen molar-refractivity contribution in [2.24, 2.45) is 5.41 Å². The van der Waals surface area contributed by atoms with Crippen molar-refractivity contribution in [3.63, 3.8) is 0 Å². The molecule has 1 fully saturated rings. The summed E-state index contributed by atoms with van der Waals surface area (Å²) in [6.45, 7) is 7.68. The highest BCUT2D eigenvalue weighted by Gasteiger charge is 2.43. The number of aromatic nitrogens is 2. The molecule has 1 aliphatic carbocycles. The van der Waals surface area contributed by atoms with E-state index in [9.17, 15) is 4.79 Å². The molecule has 6 nitrogen and oxygen atoms in total. The summed E-state index contributed by atoms with van der Waals surface area (Å²) in [6, 6.07) is 9.49. The van der Waals surface area contributed by atoms with Crippen LogP contribution in [0.4, 0.5) is 5.69 Å². The summed E-state index contributed by atoms with van der Waals surface area (Å²) < 4.78 is 7.32. The number of hydrogen-bond donors (Lipinski definition) is 2. The molecule has 2 aromatic rings. The molecule has 1 atom stereocenters. The zero-order valence-electron chi connectivity index (χ0n) is 16.7. The summed E-state index contributed by atoms with van der Waals surface area (Å²) in [5.74, 6) is 0.817. The van der Waals surface area contributed by atoms with Gasteiger partial charge in [-0.3, -0.25) is 9.48 Å². The van der Waals surface area contributed by atoms with Gasteiger partial charge in [0.25, 0.3) is 0 Å². The number of rotatable bonds is 9. The Labute approximate surface area is 161 Å². The first kappa shape index (κ1) is 19.3. The second kappa shape index (κ2) is 8.03. The minimum absolute atomic E-state index is 0.0416. The van der Waals surface area contributed by atoms with E-state index in [0.717, 1.165) is 36.5 Å². The molecule has 0 radical (unpaired) electrons. The Kier molecular flexibility index (Phi) is 5.73. The number of methoxy groups -OCH3 is 1. The molecule has 0 saturated heterocycles. The monoisotopic (exact) mass is 370 g/mol. The van der Waals surface area contributed by atoms with Crippen LogP contribution in [0.15, 0.2) is 30.3 Å². The van der Waals surface area contributed by atoms with E-state index < -0.39 is 0 Å². The van der Waals surface area contributed by atoms with Gasteiger partial charge in [-0.1, -0.05) is 13.0 Å². The van der Waals surface area contributed by atoms with Crippen molar-refractivity contribution in [3.8, 4) is 5.75 Å². The standard InChI is InChI=1S/C21H30N4O2/c1-5-19(23-17-7-6-8-18(12-17)27-4)20(26)22-13-21(9-10-21)14-25-16(3)11-15(2)24-25/h6-8,11-12,19,23H,5,9-10,13-14H2,1-4H3,(H,22,26)/t19-/m0/s1. The lowest BCUT2D eigenvalue weighted by Gasteiger charge is -2.21. The number of ether oxygens (including phenoxy) is 1. The fraction of sp³-hybridized carbons (Fsp3) is 0.524. The Balaban J connectivity index is 1.56. The summed E-state index contributed by atoms with van der Waals surface area (Å²) in [6.07, 6.45) is 2.98. The van der Waals surface area contributed by atoms with Crippen LogP contribution in [0, 0.1) is 19.3 Å². The number of aryl methyl sites for hydroxylation is 2. The molecule has 0 unspecified atom stereocenters. The van der Waals surface area contributed by atoms with Crippen LogP contribution in [0.5, 0.6) is 5.75 Å². The Morgan fingerprint density at radius 1 is 1.33 bits per heavy atom. The van der Waals surface area contributed by atoms with E-state index >= 15 is 0 Å². The first-order valence-electron chi connectivity index (χ1n) is 9.64. The van der Waals surface area contributed by atoms with E-state index in [1.54, 1.807) is 7.11 Å². The van der Waals surface area contributed by atoms with Crippen molar-refractivity contribution in [1.82, 2.24) is 15.1 Å². The van der Waals surface area contributed by atoms with Crippen molar-refractivity contribution >= 4 is 11.6 Å². The number of amides is 1. The SMILES string of the molecule is CC[C@H](Nc1cccc(OC)c1)C(=O)NCC1(Cn2nc(C)cc2C)CC1. The van der Waals surface area contributed by atoms with Gasteiger partial charge >= 0.3 is 0 Å². The molecule has 0 spiro atoms. The normalized spacial score (nSPS) is 15.9. The fourth-order valence-electron chi connectivity index (χ4n) is 3.39. The molecule has 1 aromatic heterocycles. The van der Waals surface area contributed by atoms with Crippen LogP contribution in [0.3, 0.4) is 0 Å². The van der Waals surface area contributed by atoms with Crippen LogP contribution in [0.1, 0.15) is 37.6 Å². The lowest BCUT2D eigenvalue weighted by molar-refractivity contribution is -0.122. The molecule has 3 rings (SSSR count). The summed E-state index contributed by atoms with van der Waals surface area (Å²) in [7, 11) is 1.64. The van der Waals surface area contributed by atoms with Gasteiger partial charge in [0.2, 0.25) is 5.91 Å². The van der Waals surface area contributed by atoms with E-state index in [0.29, 0.717) is 13.0 Å². The van der Waals surface area contributed by atoms with Gasteiger partial charge in [0, 0.05) is 36.0 Å². The third kappa shape index (κ3) is 4.81.